The van der Waals surface area contributed by atoms with E-state index in [2.05, 4.69) is 0 Å². The van der Waals surface area contributed by atoms with Crippen molar-refractivity contribution in [1.82, 2.24) is 4.90 Å². The number of hydrogen-bond donors (Lipinski definition) is 1. The molecular weight excluding hydrogens is 449 g/mol. The van der Waals surface area contributed by atoms with Gasteiger partial charge >= 0.3 is 12.1 Å². The summed E-state index contributed by atoms with van der Waals surface area (Å²) < 4.78 is 26.3. The molecule has 0 aliphatic carbocycles. The molecule has 1 aliphatic rings. The van der Waals surface area contributed by atoms with E-state index in [0.717, 1.165) is 16.7 Å². The lowest BCUT2D eigenvalue weighted by Crippen LogP contribution is -2.37. The molecule has 0 unspecified atom stereocenters. The van der Waals surface area contributed by atoms with Gasteiger partial charge in [0.15, 0.2) is 0 Å². The van der Waals surface area contributed by atoms with Crippen molar-refractivity contribution < 1.29 is 28.6 Å². The maximum absolute atomic E-state index is 14.8. The van der Waals surface area contributed by atoms with Gasteiger partial charge in [0.2, 0.25) is 0 Å². The number of fused-ring (bicyclic) bond motifs is 1. The summed E-state index contributed by atoms with van der Waals surface area (Å²) in [6.07, 6.45) is -0.357. The van der Waals surface area contributed by atoms with Gasteiger partial charge in [0, 0.05) is 18.7 Å². The highest BCUT2D eigenvalue weighted by atomic mass is 19.1. The van der Waals surface area contributed by atoms with Gasteiger partial charge in [0.25, 0.3) is 0 Å². The van der Waals surface area contributed by atoms with Crippen LogP contribution >= 0.6 is 0 Å². The zero-order chi connectivity index (χ0) is 24.9. The van der Waals surface area contributed by atoms with Crippen LogP contribution in [0.3, 0.4) is 0 Å². The average molecular weight is 478 g/mol. The Morgan fingerprint density at radius 3 is 2.46 bits per heavy atom. The summed E-state index contributed by atoms with van der Waals surface area (Å²) in [4.78, 5) is 25.6. The van der Waals surface area contributed by atoms with Crippen molar-refractivity contribution in [2.24, 2.45) is 0 Å². The summed E-state index contributed by atoms with van der Waals surface area (Å²) in [5.41, 5.74) is 4.25. The van der Waals surface area contributed by atoms with Crippen molar-refractivity contribution in [3.63, 3.8) is 0 Å². The van der Waals surface area contributed by atoms with E-state index in [1.165, 1.54) is 6.07 Å². The maximum Gasteiger partial charge on any atom is 0.410 e. The molecule has 0 aromatic heterocycles. The number of aliphatic carboxylic acids is 1. The summed E-state index contributed by atoms with van der Waals surface area (Å²) in [5, 5.41) is 9.18. The van der Waals surface area contributed by atoms with Crippen LogP contribution < -0.4 is 4.74 Å². The van der Waals surface area contributed by atoms with Crippen LogP contribution in [0.4, 0.5) is 9.18 Å². The highest BCUT2D eigenvalue weighted by Gasteiger charge is 2.27. The van der Waals surface area contributed by atoms with Crippen LogP contribution in [0, 0.1) is 5.82 Å². The molecule has 3 aromatic carbocycles. The van der Waals surface area contributed by atoms with Crippen molar-refractivity contribution >= 4 is 12.1 Å². The first kappa shape index (κ1) is 24.3. The summed E-state index contributed by atoms with van der Waals surface area (Å²) in [6.45, 7) is 4.49. The van der Waals surface area contributed by atoms with E-state index in [4.69, 9.17) is 9.47 Å². The molecule has 182 valence electrons. The molecule has 1 aliphatic heterocycles. The molecule has 0 spiro atoms. The van der Waals surface area contributed by atoms with Gasteiger partial charge in [-0.05, 0) is 60.2 Å². The molecule has 7 heteroatoms. The summed E-state index contributed by atoms with van der Waals surface area (Å²) in [7, 11) is 0. The van der Waals surface area contributed by atoms with Gasteiger partial charge in [0.05, 0.1) is 12.5 Å². The Morgan fingerprint density at radius 2 is 1.74 bits per heavy atom. The van der Waals surface area contributed by atoms with Gasteiger partial charge < -0.3 is 19.5 Å². The smallest absolute Gasteiger partial charge is 0.410 e. The first-order valence-corrected chi connectivity index (χ1v) is 11.6. The fourth-order valence-corrected chi connectivity index (χ4v) is 4.28. The van der Waals surface area contributed by atoms with Gasteiger partial charge in [-0.25, -0.2) is 9.18 Å². The molecular formula is C28H28FNO5. The second kappa shape index (κ2) is 10.6. The number of benzene rings is 3. The summed E-state index contributed by atoms with van der Waals surface area (Å²) in [6, 6.07) is 17.8. The lowest BCUT2D eigenvalue weighted by atomic mass is 9.90. The number of halogens is 1. The number of carbonyl (C=O) groups excluding carboxylic acids is 1. The van der Waals surface area contributed by atoms with E-state index in [0.29, 0.717) is 35.4 Å². The Morgan fingerprint density at radius 1 is 1.00 bits per heavy atom. The van der Waals surface area contributed by atoms with Crippen LogP contribution in [-0.4, -0.2) is 34.7 Å². The highest BCUT2D eigenvalue weighted by molar-refractivity contribution is 5.78. The normalized spacial score (nSPS) is 12.9. The van der Waals surface area contributed by atoms with Gasteiger partial charge in [-0.1, -0.05) is 48.5 Å². The molecule has 1 amide bonds. The van der Waals surface area contributed by atoms with Gasteiger partial charge in [-0.15, -0.1) is 0 Å². The van der Waals surface area contributed by atoms with Gasteiger partial charge in [-0.2, -0.15) is 0 Å². The second-order valence-electron chi connectivity index (χ2n) is 8.83. The molecule has 0 fully saturated rings. The van der Waals surface area contributed by atoms with Crippen LogP contribution in [-0.2, 0) is 35.5 Å². The quantitative estimate of drug-likeness (QED) is 0.479. The Hall–Kier alpha value is -3.87. The molecule has 35 heavy (non-hydrogen) atoms. The number of ether oxygens (including phenoxy) is 2. The third kappa shape index (κ3) is 5.80. The topological polar surface area (TPSA) is 76.1 Å². The number of carboxylic acids is 1. The number of carbonyl (C=O) groups is 2. The van der Waals surface area contributed by atoms with E-state index in [1.807, 2.05) is 44.2 Å². The summed E-state index contributed by atoms with van der Waals surface area (Å²) in [5.74, 6) is -0.719. The largest absolute Gasteiger partial charge is 0.490 e. The standard InChI is InChI=1S/C28H28FNO5/c1-18(2)35-26-14-20(15-27(31)32)8-9-23(26)21-10-11-25(29)22-12-13-30(16-24(21)22)28(33)34-17-19-6-4-3-5-7-19/h3-11,14,18H,12-13,15-17H2,1-2H3,(H,31,32). The van der Waals surface area contributed by atoms with Crippen molar-refractivity contribution in [1.29, 1.82) is 0 Å². The minimum absolute atomic E-state index is 0.128. The van der Waals surface area contributed by atoms with Crippen molar-refractivity contribution in [3.05, 3.63) is 88.7 Å². The fourth-order valence-electron chi connectivity index (χ4n) is 4.28. The molecule has 4 rings (SSSR count). The van der Waals surface area contributed by atoms with Crippen molar-refractivity contribution in [2.45, 2.75) is 45.9 Å². The molecule has 0 radical (unpaired) electrons. The predicted molar refractivity (Wildman–Crippen MR) is 130 cm³/mol. The lowest BCUT2D eigenvalue weighted by molar-refractivity contribution is -0.136. The van der Waals surface area contributed by atoms with Gasteiger partial charge in [-0.3, -0.25) is 4.79 Å². The lowest BCUT2D eigenvalue weighted by Gasteiger charge is -2.30. The Bertz CT molecular complexity index is 1230. The van der Waals surface area contributed by atoms with E-state index in [-0.39, 0.29) is 31.5 Å². The molecule has 0 bridgehead atoms. The van der Waals surface area contributed by atoms with E-state index < -0.39 is 12.1 Å². The van der Waals surface area contributed by atoms with Crippen LogP contribution in [0.1, 0.15) is 36.1 Å². The van der Waals surface area contributed by atoms with Crippen LogP contribution in [0.5, 0.6) is 5.75 Å². The number of carboxylic acid groups (broad SMARTS) is 1. The number of amides is 1. The molecule has 6 nitrogen and oxygen atoms in total. The zero-order valence-corrected chi connectivity index (χ0v) is 19.8. The molecule has 1 N–H and O–H groups in total. The predicted octanol–water partition coefficient (Wildman–Crippen LogP) is 5.60. The van der Waals surface area contributed by atoms with Gasteiger partial charge in [0.1, 0.15) is 18.2 Å². The Balaban J connectivity index is 1.64. The van der Waals surface area contributed by atoms with E-state index in [1.54, 1.807) is 29.2 Å². The third-order valence-electron chi connectivity index (χ3n) is 5.87. The first-order valence-electron chi connectivity index (χ1n) is 11.6. The number of hydrogen-bond acceptors (Lipinski definition) is 4. The SMILES string of the molecule is CC(C)Oc1cc(CC(=O)O)ccc1-c1ccc(F)c2c1CN(C(=O)OCc1ccccc1)CC2. The van der Waals surface area contributed by atoms with Crippen LogP contribution in [0.2, 0.25) is 0 Å². The Kier molecular flexibility index (Phi) is 7.34. The minimum atomic E-state index is -0.933. The number of nitrogens with zero attached hydrogens (tertiary/aromatic N) is 1. The molecule has 0 saturated heterocycles. The highest BCUT2D eigenvalue weighted by Crippen LogP contribution is 2.38. The third-order valence-corrected chi connectivity index (χ3v) is 5.87. The second-order valence-corrected chi connectivity index (χ2v) is 8.83. The zero-order valence-electron chi connectivity index (χ0n) is 19.8. The van der Waals surface area contributed by atoms with Crippen LogP contribution in [0.15, 0.2) is 60.7 Å². The van der Waals surface area contributed by atoms with E-state index in [9.17, 15) is 19.1 Å². The van der Waals surface area contributed by atoms with Crippen molar-refractivity contribution in [3.8, 4) is 16.9 Å². The average Bonchev–Trinajstić information content (AvgIpc) is 2.83. The maximum atomic E-state index is 14.8. The molecule has 1 heterocycles. The summed E-state index contributed by atoms with van der Waals surface area (Å²) >= 11 is 0. The molecule has 0 saturated carbocycles. The molecule has 3 aromatic rings. The van der Waals surface area contributed by atoms with Crippen LogP contribution in [0.25, 0.3) is 11.1 Å². The first-order chi connectivity index (χ1) is 16.8. The monoisotopic (exact) mass is 477 g/mol. The Labute approximate surface area is 203 Å². The van der Waals surface area contributed by atoms with E-state index >= 15 is 0 Å². The fraction of sp³-hybridized carbons (Fsp3) is 0.286. The minimum Gasteiger partial charge on any atom is -0.490 e. The number of rotatable bonds is 7. The van der Waals surface area contributed by atoms with Crippen molar-refractivity contribution in [2.75, 3.05) is 6.54 Å². The molecule has 0 atom stereocenters.